The van der Waals surface area contributed by atoms with Gasteiger partial charge < -0.3 is 24.2 Å². The van der Waals surface area contributed by atoms with E-state index >= 15 is 0 Å². The van der Waals surface area contributed by atoms with Crippen LogP contribution in [0, 0.1) is 0 Å². The van der Waals surface area contributed by atoms with Gasteiger partial charge in [0.25, 0.3) is 11.7 Å². The molecule has 2 aromatic rings. The maximum atomic E-state index is 13.2. The molecule has 0 saturated carbocycles. The van der Waals surface area contributed by atoms with Gasteiger partial charge in [-0.3, -0.25) is 9.59 Å². The molecule has 1 aliphatic heterocycles. The molecule has 36 heavy (non-hydrogen) atoms. The molecule has 0 aromatic heterocycles. The van der Waals surface area contributed by atoms with Crippen LogP contribution < -0.4 is 9.47 Å². The van der Waals surface area contributed by atoms with Crippen LogP contribution in [-0.4, -0.2) is 55.2 Å². The maximum absolute atomic E-state index is 13.2. The van der Waals surface area contributed by atoms with E-state index in [0.29, 0.717) is 44.1 Å². The number of Topliss-reactive ketones (excluding diaryl/α,β-unsaturated/α-hetero) is 1. The zero-order valence-electron chi connectivity index (χ0n) is 21.5. The molecule has 1 amide bonds. The molecule has 0 aliphatic carbocycles. The van der Waals surface area contributed by atoms with Gasteiger partial charge in [-0.1, -0.05) is 51.0 Å². The van der Waals surface area contributed by atoms with Crippen LogP contribution in [0.25, 0.3) is 5.76 Å². The zero-order valence-corrected chi connectivity index (χ0v) is 21.5. The average Bonchev–Trinajstić information content (AvgIpc) is 3.14. The van der Waals surface area contributed by atoms with Crippen LogP contribution in [-0.2, 0) is 14.3 Å². The Labute approximate surface area is 213 Å². The van der Waals surface area contributed by atoms with Gasteiger partial charge in [0.15, 0.2) is 0 Å². The number of carbonyl (C=O) groups is 2. The molecule has 2 aromatic carbocycles. The van der Waals surface area contributed by atoms with E-state index in [1.165, 1.54) is 4.90 Å². The molecular formula is C29H37NO6. The first-order valence-electron chi connectivity index (χ1n) is 12.7. The van der Waals surface area contributed by atoms with Crippen molar-refractivity contribution >= 4 is 17.4 Å². The number of nitrogens with zero attached hydrogens (tertiary/aromatic N) is 1. The molecule has 7 nitrogen and oxygen atoms in total. The summed E-state index contributed by atoms with van der Waals surface area (Å²) in [5.41, 5.74) is 1.23. The monoisotopic (exact) mass is 495 g/mol. The quantitative estimate of drug-likeness (QED) is 0.161. The number of unbranched alkanes of at least 4 members (excludes halogenated alkanes) is 2. The SMILES string of the molecule is CCCCOc1ccc(C2C(=C(O)c3cccc(OCCCC)c3)C(=O)C(=O)N2CCCOC)cc1. The Morgan fingerprint density at radius 3 is 2.19 bits per heavy atom. The first-order valence-corrected chi connectivity index (χ1v) is 12.7. The number of carbonyl (C=O) groups excluding carboxylic acids is 2. The number of hydrogen-bond acceptors (Lipinski definition) is 6. The number of ether oxygens (including phenoxy) is 3. The number of methoxy groups -OCH3 is 1. The van der Waals surface area contributed by atoms with E-state index in [1.54, 1.807) is 25.3 Å². The molecule has 1 atom stereocenters. The molecule has 7 heteroatoms. The third kappa shape index (κ3) is 6.66. The molecule has 0 radical (unpaired) electrons. The van der Waals surface area contributed by atoms with Gasteiger partial charge in [-0.2, -0.15) is 0 Å². The van der Waals surface area contributed by atoms with E-state index < -0.39 is 17.7 Å². The number of rotatable bonds is 14. The molecule has 0 bridgehead atoms. The number of likely N-dealkylation sites (tertiary alicyclic amines) is 1. The zero-order chi connectivity index (χ0) is 25.9. The number of aliphatic hydroxyl groups is 1. The molecular weight excluding hydrogens is 458 g/mol. The molecule has 194 valence electrons. The van der Waals surface area contributed by atoms with Gasteiger partial charge >= 0.3 is 0 Å². The maximum Gasteiger partial charge on any atom is 0.295 e. The molecule has 1 heterocycles. The van der Waals surface area contributed by atoms with Gasteiger partial charge in [-0.25, -0.2) is 0 Å². The van der Waals surface area contributed by atoms with Crippen LogP contribution in [0.5, 0.6) is 11.5 Å². The molecule has 1 fully saturated rings. The summed E-state index contributed by atoms with van der Waals surface area (Å²) in [5.74, 6) is -0.212. The highest BCUT2D eigenvalue weighted by atomic mass is 16.5. The van der Waals surface area contributed by atoms with Crippen molar-refractivity contribution in [2.24, 2.45) is 0 Å². The molecule has 0 spiro atoms. The lowest BCUT2D eigenvalue weighted by Gasteiger charge is -2.25. The van der Waals surface area contributed by atoms with E-state index in [-0.39, 0.29) is 11.3 Å². The molecule has 1 N–H and O–H groups in total. The summed E-state index contributed by atoms with van der Waals surface area (Å²) in [4.78, 5) is 27.8. The highest BCUT2D eigenvalue weighted by Gasteiger charge is 2.45. The van der Waals surface area contributed by atoms with Crippen molar-refractivity contribution in [1.29, 1.82) is 0 Å². The summed E-state index contributed by atoms with van der Waals surface area (Å²) in [6.45, 7) is 6.17. The fourth-order valence-electron chi connectivity index (χ4n) is 4.14. The van der Waals surface area contributed by atoms with Gasteiger partial charge in [0.2, 0.25) is 0 Å². The van der Waals surface area contributed by atoms with Crippen LogP contribution in [0.4, 0.5) is 0 Å². The van der Waals surface area contributed by atoms with Crippen molar-refractivity contribution < 1.29 is 28.9 Å². The highest BCUT2D eigenvalue weighted by molar-refractivity contribution is 6.46. The number of amides is 1. The van der Waals surface area contributed by atoms with Crippen molar-refractivity contribution in [3.05, 3.63) is 65.2 Å². The second kappa shape index (κ2) is 13.7. The first-order chi connectivity index (χ1) is 17.5. The third-order valence-electron chi connectivity index (χ3n) is 6.12. The van der Waals surface area contributed by atoms with Crippen molar-refractivity contribution in [1.82, 2.24) is 4.90 Å². The molecule has 1 aliphatic rings. The highest BCUT2D eigenvalue weighted by Crippen LogP contribution is 2.40. The van der Waals surface area contributed by atoms with E-state index in [0.717, 1.165) is 37.0 Å². The molecule has 1 saturated heterocycles. The minimum atomic E-state index is -0.712. The van der Waals surface area contributed by atoms with Crippen molar-refractivity contribution in [2.45, 2.75) is 52.0 Å². The minimum absolute atomic E-state index is 0.0720. The Balaban J connectivity index is 1.98. The summed E-state index contributed by atoms with van der Waals surface area (Å²) in [7, 11) is 1.60. The standard InChI is InChI=1S/C29H37NO6/c1-4-6-18-35-23-14-12-21(13-15-23)26-25(28(32)29(33)30(26)16-9-17-34-3)27(31)22-10-8-11-24(20-22)36-19-7-5-2/h8,10-15,20,26,31H,4-7,9,16-19H2,1-3H3. The van der Waals surface area contributed by atoms with Crippen LogP contribution >= 0.6 is 0 Å². The predicted octanol–water partition coefficient (Wildman–Crippen LogP) is 5.50. The summed E-state index contributed by atoms with van der Waals surface area (Å²) < 4.78 is 16.7. The van der Waals surface area contributed by atoms with E-state index in [2.05, 4.69) is 13.8 Å². The van der Waals surface area contributed by atoms with Gasteiger partial charge in [0.1, 0.15) is 17.3 Å². The van der Waals surface area contributed by atoms with Gasteiger partial charge in [0.05, 0.1) is 24.8 Å². The lowest BCUT2D eigenvalue weighted by atomic mass is 9.95. The summed E-state index contributed by atoms with van der Waals surface area (Å²) in [5, 5.41) is 11.3. The topological polar surface area (TPSA) is 85.3 Å². The Kier molecular flexibility index (Phi) is 10.4. The van der Waals surface area contributed by atoms with Crippen LogP contribution in [0.1, 0.15) is 63.1 Å². The van der Waals surface area contributed by atoms with Crippen LogP contribution in [0.15, 0.2) is 54.1 Å². The lowest BCUT2D eigenvalue weighted by Crippen LogP contribution is -2.31. The van der Waals surface area contributed by atoms with E-state index in [9.17, 15) is 14.7 Å². The number of benzene rings is 2. The molecule has 1 unspecified atom stereocenters. The normalized spacial score (nSPS) is 17.0. The minimum Gasteiger partial charge on any atom is -0.507 e. The number of ketones is 1. The van der Waals surface area contributed by atoms with Gasteiger partial charge in [0, 0.05) is 25.8 Å². The largest absolute Gasteiger partial charge is 0.507 e. The summed E-state index contributed by atoms with van der Waals surface area (Å²) >= 11 is 0. The lowest BCUT2D eigenvalue weighted by molar-refractivity contribution is -0.140. The Morgan fingerprint density at radius 1 is 0.889 bits per heavy atom. The average molecular weight is 496 g/mol. The fraction of sp³-hybridized carbons (Fsp3) is 0.448. The van der Waals surface area contributed by atoms with Crippen molar-refractivity contribution in [3.8, 4) is 11.5 Å². The van der Waals surface area contributed by atoms with E-state index in [1.807, 2.05) is 30.3 Å². The fourth-order valence-corrected chi connectivity index (χ4v) is 4.14. The number of aliphatic hydroxyl groups excluding tert-OH is 1. The summed E-state index contributed by atoms with van der Waals surface area (Å²) in [6.07, 6.45) is 4.50. The van der Waals surface area contributed by atoms with Gasteiger partial charge in [-0.05, 0) is 49.1 Å². The van der Waals surface area contributed by atoms with Crippen molar-refractivity contribution in [2.75, 3.05) is 33.5 Å². The molecule has 3 rings (SSSR count). The van der Waals surface area contributed by atoms with Gasteiger partial charge in [-0.15, -0.1) is 0 Å². The Morgan fingerprint density at radius 2 is 1.56 bits per heavy atom. The van der Waals surface area contributed by atoms with Crippen LogP contribution in [0.2, 0.25) is 0 Å². The van der Waals surface area contributed by atoms with E-state index in [4.69, 9.17) is 14.2 Å². The summed E-state index contributed by atoms with van der Waals surface area (Å²) in [6, 6.07) is 13.6. The predicted molar refractivity (Wildman–Crippen MR) is 139 cm³/mol. The van der Waals surface area contributed by atoms with Crippen molar-refractivity contribution in [3.63, 3.8) is 0 Å². The third-order valence-corrected chi connectivity index (χ3v) is 6.12. The second-order valence-electron chi connectivity index (χ2n) is 8.84. The Hall–Kier alpha value is -3.32. The number of hydrogen-bond donors (Lipinski definition) is 1. The second-order valence-corrected chi connectivity index (χ2v) is 8.84. The van der Waals surface area contributed by atoms with Crippen LogP contribution in [0.3, 0.4) is 0 Å². The first kappa shape index (κ1) is 27.3. The smallest absolute Gasteiger partial charge is 0.295 e. The Bertz CT molecular complexity index is 1050.